The summed E-state index contributed by atoms with van der Waals surface area (Å²) in [7, 11) is 0. The summed E-state index contributed by atoms with van der Waals surface area (Å²) >= 11 is 0. The lowest BCUT2D eigenvalue weighted by molar-refractivity contribution is -0.132. The molecule has 0 N–H and O–H groups in total. The van der Waals surface area contributed by atoms with E-state index in [0.29, 0.717) is 32.3 Å². The van der Waals surface area contributed by atoms with E-state index in [4.69, 9.17) is 14.2 Å². The standard InChI is InChI=1S/C19H36N2O4.C2H6/c1-4-20-9-5-17(6-10-20)25-18-7-11-21(15-18)19(22)8-12-23-13-14-24-16(2)3;1-2/h16-18H,4-15H2,1-3H3;1-2H3. The second kappa shape index (κ2) is 14.3. The second-order valence-electron chi connectivity index (χ2n) is 7.30. The molecule has 1 amide bonds. The summed E-state index contributed by atoms with van der Waals surface area (Å²) in [6.45, 7) is 16.8. The van der Waals surface area contributed by atoms with Crippen LogP contribution in [0.2, 0.25) is 0 Å². The highest BCUT2D eigenvalue weighted by Crippen LogP contribution is 2.20. The third-order valence-electron chi connectivity index (χ3n) is 5.00. The molecule has 2 fully saturated rings. The maximum Gasteiger partial charge on any atom is 0.224 e. The van der Waals surface area contributed by atoms with Crippen molar-refractivity contribution in [2.24, 2.45) is 0 Å². The van der Waals surface area contributed by atoms with Gasteiger partial charge in [-0.1, -0.05) is 20.8 Å². The summed E-state index contributed by atoms with van der Waals surface area (Å²) in [5.74, 6) is 0.177. The van der Waals surface area contributed by atoms with Gasteiger partial charge in [0.2, 0.25) is 5.91 Å². The largest absolute Gasteiger partial charge is 0.379 e. The lowest BCUT2D eigenvalue weighted by Crippen LogP contribution is -2.39. The fraction of sp³-hybridized carbons (Fsp3) is 0.952. The smallest absolute Gasteiger partial charge is 0.224 e. The molecule has 1 unspecified atom stereocenters. The average Bonchev–Trinajstić information content (AvgIpc) is 3.15. The molecule has 2 saturated heterocycles. The van der Waals surface area contributed by atoms with Crippen LogP contribution in [0.3, 0.4) is 0 Å². The Morgan fingerprint density at radius 3 is 2.30 bits per heavy atom. The minimum Gasteiger partial charge on any atom is -0.379 e. The van der Waals surface area contributed by atoms with Crippen LogP contribution in [-0.4, -0.2) is 86.6 Å². The Hall–Kier alpha value is -0.690. The molecule has 0 saturated carbocycles. The molecule has 2 rings (SSSR count). The summed E-state index contributed by atoms with van der Waals surface area (Å²) in [4.78, 5) is 16.7. The van der Waals surface area contributed by atoms with Gasteiger partial charge in [0.1, 0.15) is 0 Å². The van der Waals surface area contributed by atoms with Crippen LogP contribution in [0.4, 0.5) is 0 Å². The summed E-state index contributed by atoms with van der Waals surface area (Å²) < 4.78 is 17.1. The van der Waals surface area contributed by atoms with Gasteiger partial charge < -0.3 is 24.0 Å². The first kappa shape index (κ1) is 24.3. The van der Waals surface area contributed by atoms with E-state index in [0.717, 1.165) is 52.0 Å². The number of hydrogen-bond acceptors (Lipinski definition) is 5. The number of ether oxygens (including phenoxy) is 3. The van der Waals surface area contributed by atoms with Gasteiger partial charge in [-0.15, -0.1) is 0 Å². The molecule has 27 heavy (non-hydrogen) atoms. The minimum atomic E-state index is 0.177. The number of piperidine rings is 1. The first-order chi connectivity index (χ1) is 13.1. The quantitative estimate of drug-likeness (QED) is 0.540. The predicted molar refractivity (Wildman–Crippen MR) is 109 cm³/mol. The Labute approximate surface area is 166 Å². The first-order valence-corrected chi connectivity index (χ1v) is 10.9. The zero-order valence-corrected chi connectivity index (χ0v) is 18.2. The van der Waals surface area contributed by atoms with Crippen LogP contribution in [0.1, 0.15) is 60.3 Å². The molecule has 2 aliphatic rings. The molecular weight excluding hydrogens is 344 g/mol. The zero-order valence-electron chi connectivity index (χ0n) is 18.2. The van der Waals surface area contributed by atoms with E-state index < -0.39 is 0 Å². The molecule has 0 aromatic heterocycles. The molecule has 1 atom stereocenters. The molecule has 6 nitrogen and oxygen atoms in total. The van der Waals surface area contributed by atoms with Crippen molar-refractivity contribution in [3.8, 4) is 0 Å². The van der Waals surface area contributed by atoms with Crippen molar-refractivity contribution in [1.82, 2.24) is 9.80 Å². The minimum absolute atomic E-state index is 0.177. The zero-order chi connectivity index (χ0) is 20.1. The molecule has 160 valence electrons. The van der Waals surface area contributed by atoms with Gasteiger partial charge in [0, 0.05) is 26.2 Å². The molecule has 0 aliphatic carbocycles. The summed E-state index contributed by atoms with van der Waals surface area (Å²) in [6.07, 6.45) is 4.44. The van der Waals surface area contributed by atoms with E-state index in [-0.39, 0.29) is 18.1 Å². The summed E-state index contributed by atoms with van der Waals surface area (Å²) in [5.41, 5.74) is 0. The summed E-state index contributed by atoms with van der Waals surface area (Å²) in [5, 5.41) is 0. The van der Waals surface area contributed by atoms with Gasteiger partial charge >= 0.3 is 0 Å². The van der Waals surface area contributed by atoms with Crippen LogP contribution >= 0.6 is 0 Å². The van der Waals surface area contributed by atoms with Crippen molar-refractivity contribution in [3.05, 3.63) is 0 Å². The molecular formula is C21H42N2O4. The van der Waals surface area contributed by atoms with Crippen LogP contribution in [0.15, 0.2) is 0 Å². The van der Waals surface area contributed by atoms with Gasteiger partial charge in [0.15, 0.2) is 0 Å². The van der Waals surface area contributed by atoms with E-state index >= 15 is 0 Å². The van der Waals surface area contributed by atoms with Crippen molar-refractivity contribution in [1.29, 1.82) is 0 Å². The third-order valence-corrected chi connectivity index (χ3v) is 5.00. The number of hydrogen-bond donors (Lipinski definition) is 0. The molecule has 0 aromatic carbocycles. The fourth-order valence-electron chi connectivity index (χ4n) is 3.46. The Bertz CT molecular complexity index is 384. The lowest BCUT2D eigenvalue weighted by Gasteiger charge is -2.32. The Kier molecular flexibility index (Phi) is 12.9. The maximum absolute atomic E-state index is 12.3. The SMILES string of the molecule is CC.CCN1CCC(OC2CCN(C(=O)CCOCCOC(C)C)C2)CC1. The van der Waals surface area contributed by atoms with Crippen LogP contribution in [0.5, 0.6) is 0 Å². The van der Waals surface area contributed by atoms with Gasteiger partial charge in [-0.05, 0) is 39.7 Å². The van der Waals surface area contributed by atoms with Gasteiger partial charge in [-0.2, -0.15) is 0 Å². The monoisotopic (exact) mass is 386 g/mol. The second-order valence-corrected chi connectivity index (χ2v) is 7.30. The highest BCUT2D eigenvalue weighted by molar-refractivity contribution is 5.76. The van der Waals surface area contributed by atoms with E-state index in [1.54, 1.807) is 0 Å². The number of rotatable bonds is 10. The van der Waals surface area contributed by atoms with E-state index in [1.165, 1.54) is 0 Å². The number of carbonyl (C=O) groups is 1. The number of nitrogens with zero attached hydrogens (tertiary/aromatic N) is 2. The van der Waals surface area contributed by atoms with Crippen molar-refractivity contribution >= 4 is 5.91 Å². The highest BCUT2D eigenvalue weighted by Gasteiger charge is 2.29. The van der Waals surface area contributed by atoms with Crippen LogP contribution in [0.25, 0.3) is 0 Å². The number of likely N-dealkylation sites (tertiary alicyclic amines) is 2. The van der Waals surface area contributed by atoms with Crippen molar-refractivity contribution < 1.29 is 19.0 Å². The van der Waals surface area contributed by atoms with Gasteiger partial charge in [0.05, 0.1) is 44.6 Å². The van der Waals surface area contributed by atoms with Crippen LogP contribution in [-0.2, 0) is 19.0 Å². The van der Waals surface area contributed by atoms with Gasteiger partial charge in [-0.25, -0.2) is 0 Å². The number of carbonyl (C=O) groups excluding carboxylic acids is 1. The van der Waals surface area contributed by atoms with E-state index in [2.05, 4.69) is 11.8 Å². The van der Waals surface area contributed by atoms with Gasteiger partial charge in [-0.3, -0.25) is 4.79 Å². The molecule has 0 bridgehead atoms. The van der Waals surface area contributed by atoms with Crippen molar-refractivity contribution in [2.45, 2.75) is 78.6 Å². The molecule has 2 aliphatic heterocycles. The molecule has 2 heterocycles. The molecule has 0 radical (unpaired) electrons. The molecule has 0 spiro atoms. The predicted octanol–water partition coefficient (Wildman–Crippen LogP) is 2.95. The fourth-order valence-corrected chi connectivity index (χ4v) is 3.46. The van der Waals surface area contributed by atoms with Crippen LogP contribution in [0, 0.1) is 0 Å². The van der Waals surface area contributed by atoms with Crippen LogP contribution < -0.4 is 0 Å². The van der Waals surface area contributed by atoms with Crippen molar-refractivity contribution in [2.75, 3.05) is 52.5 Å². The third kappa shape index (κ3) is 9.88. The lowest BCUT2D eigenvalue weighted by atomic mass is 10.1. The molecule has 0 aromatic rings. The summed E-state index contributed by atoms with van der Waals surface area (Å²) in [6, 6.07) is 0. The average molecular weight is 387 g/mol. The van der Waals surface area contributed by atoms with Crippen molar-refractivity contribution in [3.63, 3.8) is 0 Å². The maximum atomic E-state index is 12.3. The van der Waals surface area contributed by atoms with Gasteiger partial charge in [0.25, 0.3) is 0 Å². The van der Waals surface area contributed by atoms with E-state index in [1.807, 2.05) is 32.6 Å². The van der Waals surface area contributed by atoms with E-state index in [9.17, 15) is 4.79 Å². The Morgan fingerprint density at radius 2 is 1.67 bits per heavy atom. The topological polar surface area (TPSA) is 51.2 Å². The Balaban J connectivity index is 0.00000176. The number of amides is 1. The Morgan fingerprint density at radius 1 is 1.00 bits per heavy atom. The first-order valence-electron chi connectivity index (χ1n) is 10.9. The normalized spacial score (nSPS) is 21.4. The molecule has 6 heteroatoms. The highest BCUT2D eigenvalue weighted by atomic mass is 16.5.